The van der Waals surface area contributed by atoms with E-state index in [0.717, 1.165) is 148 Å². The third-order valence-electron chi connectivity index (χ3n) is 36.4. The molecule has 3 aliphatic heterocycles. The largest absolute Gasteiger partial charge is 0.363 e. The van der Waals surface area contributed by atoms with Gasteiger partial charge in [0.05, 0.1) is 66.2 Å². The van der Waals surface area contributed by atoms with E-state index >= 15 is 4.79 Å². The highest BCUT2D eigenvalue weighted by Gasteiger charge is 2.63. The van der Waals surface area contributed by atoms with Crippen molar-refractivity contribution in [3.8, 4) is 0 Å². The van der Waals surface area contributed by atoms with Crippen molar-refractivity contribution in [1.82, 2.24) is 67.9 Å². The van der Waals surface area contributed by atoms with Gasteiger partial charge in [-0.25, -0.2) is 39.6 Å². The van der Waals surface area contributed by atoms with Crippen LogP contribution in [0.15, 0.2) is 12.7 Å². The topological polar surface area (TPSA) is 541 Å². The number of amides is 15. The standard InChI is InChI=1S/C40H67N5O7S.C36H61N5O7S.C35H59N5O7S/c1-9-17-29(31(46)34(48)41-24-10-2)42-33(47)30-27-18-23-38(6,7)28(27)25-45(30)35(49)32(39(8)19-13-11-14-20-39)43-36(50)44-40(21-15-12-16-22-40)26-53(51,52)37(3,4)5;1-33(2,3)28(39-32(46)40-36(16-10-9-11-17-36)21-49(47,48)34(4,5)6)31(45)41-20-24-23(15-18-35(24,7)8)26(41)30(44)38-25(27(42)29(37)43)19-22-13-12-14-22;1-32(2,3)27(38-31(45)39-35(15-10-9-11-16-35)20-48(46,47)33(4,5)6)30(44)40-19-23-22(14-17-34(23,7)8)25(40)29(43)37-24(18-21-12-13-21)26(41)28(36)42/h10,27-30,32H,2,9,11-26H2,1,3-8H3,(H,41,48)(H,42,47)(H2,43,44,50);22-26,28H,9-21H2,1-8H3,(H2,37,43)(H,38,44)(H2,39,40,46);21-25,27H,9-20H2,1-8H3,(H2,36,42)(H,37,43)(H2,38,39,45)/t27-,28-,29?,30-,32+;23-,24-,25?,26-,28+;22-,23-,24?,25-,27+/m000/s1. The average molecular weight is 2160 g/mol. The van der Waals surface area contributed by atoms with Crippen LogP contribution in [-0.2, 0) is 87.0 Å². The first-order chi connectivity index (χ1) is 69.2. The van der Waals surface area contributed by atoms with Gasteiger partial charge in [-0.05, 0) is 251 Å². The van der Waals surface area contributed by atoms with Crippen LogP contribution in [0, 0.1) is 79.8 Å². The Hall–Kier alpha value is -8.36. The van der Waals surface area contributed by atoms with Crippen LogP contribution < -0.4 is 64.6 Å². The third-order valence-corrected chi connectivity index (χ3v) is 44.8. The van der Waals surface area contributed by atoms with Crippen LogP contribution in [0.3, 0.4) is 0 Å². The first kappa shape index (κ1) is 123. The van der Waals surface area contributed by atoms with Crippen molar-refractivity contribution in [1.29, 1.82) is 0 Å². The molecule has 12 fully saturated rings. The minimum atomic E-state index is -3.57. The highest BCUT2D eigenvalue weighted by Crippen LogP contribution is 2.57. The first-order valence-corrected chi connectivity index (χ1v) is 61.0. The molecule has 15 atom stereocenters. The Bertz CT molecular complexity index is 5300. The molecule has 0 aromatic heterocycles. The minimum Gasteiger partial charge on any atom is -0.363 e. The molecular formula is C111H187N15O21S3. The van der Waals surface area contributed by atoms with Gasteiger partial charge in [-0.2, -0.15) is 0 Å². The number of hydrogen-bond acceptors (Lipinski definition) is 21. The minimum absolute atomic E-state index is 0.0201. The Morgan fingerprint density at radius 2 is 0.660 bits per heavy atom. The maximum atomic E-state index is 15.1. The lowest BCUT2D eigenvalue weighted by Crippen LogP contribution is -2.64. The summed E-state index contributed by atoms with van der Waals surface area (Å²) in [6, 6.07) is -10.6. The maximum absolute atomic E-state index is 15.1. The quantitative estimate of drug-likeness (QED) is 0.0205. The second-order valence-electron chi connectivity index (χ2n) is 54.4. The summed E-state index contributed by atoms with van der Waals surface area (Å²) in [7, 11) is -10.7. The molecule has 39 heteroatoms. The summed E-state index contributed by atoms with van der Waals surface area (Å²) in [4.78, 5) is 209. The van der Waals surface area contributed by atoms with Gasteiger partial charge >= 0.3 is 18.1 Å². The number of fused-ring (bicyclic) bond motifs is 3. The number of primary amides is 2. The Morgan fingerprint density at radius 1 is 0.367 bits per heavy atom. The van der Waals surface area contributed by atoms with Crippen molar-refractivity contribution in [2.75, 3.05) is 43.4 Å². The lowest BCUT2D eigenvalue weighted by Gasteiger charge is -2.44. The van der Waals surface area contributed by atoms with Gasteiger partial charge in [-0.1, -0.05) is 219 Å². The average Bonchev–Trinajstić information content (AvgIpc) is 1.59. The van der Waals surface area contributed by atoms with E-state index in [1.807, 2.05) is 55.4 Å². The van der Waals surface area contributed by atoms with E-state index in [1.54, 1.807) is 77.0 Å². The van der Waals surface area contributed by atoms with E-state index in [-0.39, 0.29) is 99.7 Å². The predicted molar refractivity (Wildman–Crippen MR) is 578 cm³/mol. The van der Waals surface area contributed by atoms with E-state index in [1.165, 1.54) is 6.08 Å². The zero-order chi connectivity index (χ0) is 112. The van der Waals surface area contributed by atoms with Crippen molar-refractivity contribution in [2.45, 2.75) is 469 Å². The lowest BCUT2D eigenvalue weighted by molar-refractivity contribution is -0.145. The van der Waals surface area contributed by atoms with Crippen molar-refractivity contribution in [2.24, 2.45) is 91.3 Å². The lowest BCUT2D eigenvalue weighted by atomic mass is 9.70. The second kappa shape index (κ2) is 47.8. The normalized spacial score (nSPS) is 26.4. The fourth-order valence-electron chi connectivity index (χ4n) is 26.0. The van der Waals surface area contributed by atoms with E-state index in [0.29, 0.717) is 90.3 Å². The Morgan fingerprint density at radius 3 is 0.933 bits per heavy atom. The van der Waals surface area contributed by atoms with Crippen molar-refractivity contribution < 1.29 is 97.2 Å². The van der Waals surface area contributed by atoms with Crippen LogP contribution >= 0.6 is 0 Å². The molecule has 150 heavy (non-hydrogen) atoms. The molecule has 0 aromatic carbocycles. The van der Waals surface area contributed by atoms with Gasteiger partial charge in [0.2, 0.25) is 52.8 Å². The maximum Gasteiger partial charge on any atom is 0.315 e. The van der Waals surface area contributed by atoms with E-state index in [9.17, 15) is 92.4 Å². The van der Waals surface area contributed by atoms with Gasteiger partial charge in [0, 0.05) is 26.2 Å². The molecule has 0 aromatic rings. The smallest absolute Gasteiger partial charge is 0.315 e. The number of ketones is 3. The molecule has 850 valence electrons. The number of Topliss-reactive ketones (excluding diaryl/α,β-unsaturated/α-hetero) is 3. The fraction of sp³-hybridized carbons (Fsp3) is 0.847. The molecule has 12 aliphatic rings. The zero-order valence-electron chi connectivity index (χ0n) is 94.6. The molecule has 15 amide bonds. The number of sulfone groups is 3. The summed E-state index contributed by atoms with van der Waals surface area (Å²) in [6.45, 7) is 47.4. The molecule has 3 saturated heterocycles. The molecule has 0 spiro atoms. The number of carbonyl (C=O) groups is 15. The number of hydrogen-bond donors (Lipinski definition) is 12. The summed E-state index contributed by atoms with van der Waals surface area (Å²) in [5.74, 6) is -8.51. The number of likely N-dealkylation sites (tertiary alicyclic amines) is 3. The SMILES string of the molecule is C=CCNC(=O)C(=O)C(CCC)NC(=O)[C@@H]1[C@H]2CCC(C)(C)[C@H]2CN1C(=O)[C@@H](NC(=O)NC1(CS(=O)(=O)C(C)(C)C)CCCCC1)C1(C)CCCCC1.CC(C)(C)[C@H](NC(=O)NC1(CS(=O)(=O)C(C)(C)C)CCCCC1)C(=O)N1C[C@H]2[C@H](CCC2(C)C)[C@H]1C(=O)NC(CC1CC1)C(=O)C(N)=O.CC(C)(C)[C@H](NC(=O)NC1(CS(=O)(=O)C(C)(C)C)CCCCC1)C(=O)N1C[C@H]2[C@H](CCC2(C)C)[C@H]1C(=O)NC(CC1CCC1)C(=O)C(N)=O. The number of nitrogens with two attached hydrogens (primary N) is 2. The van der Waals surface area contributed by atoms with Gasteiger partial charge in [-0.15, -0.1) is 6.58 Å². The number of urea groups is 3. The molecule has 0 bridgehead atoms. The molecule has 12 rings (SSSR count). The van der Waals surface area contributed by atoms with Crippen molar-refractivity contribution in [3.63, 3.8) is 0 Å². The summed E-state index contributed by atoms with van der Waals surface area (Å²) < 4.78 is 77.3. The first-order valence-electron chi connectivity index (χ1n) is 56.0. The third kappa shape index (κ3) is 29.5. The summed E-state index contributed by atoms with van der Waals surface area (Å²) in [5, 5.41) is 29.0. The van der Waals surface area contributed by atoms with Gasteiger partial charge < -0.3 is 79.3 Å². The molecule has 0 radical (unpaired) electrons. The van der Waals surface area contributed by atoms with Crippen LogP contribution in [0.25, 0.3) is 0 Å². The van der Waals surface area contributed by atoms with E-state index in [4.69, 9.17) is 11.5 Å². The number of rotatable bonds is 36. The molecule has 14 N–H and O–H groups in total. The highest BCUT2D eigenvalue weighted by molar-refractivity contribution is 7.93. The summed E-state index contributed by atoms with van der Waals surface area (Å²) in [6.07, 6.45) is 27.4. The van der Waals surface area contributed by atoms with Gasteiger partial charge in [0.1, 0.15) is 36.3 Å². The van der Waals surface area contributed by atoms with E-state index < -0.39 is 214 Å². The molecule has 36 nitrogen and oxygen atoms in total. The van der Waals surface area contributed by atoms with Gasteiger partial charge in [0.15, 0.2) is 29.5 Å². The second-order valence-corrected chi connectivity index (χ2v) is 62.6. The van der Waals surface area contributed by atoms with Crippen LogP contribution in [0.2, 0.25) is 0 Å². The Kier molecular flexibility index (Phi) is 39.3. The Balaban J connectivity index is 0.000000230. The van der Waals surface area contributed by atoms with E-state index in [2.05, 4.69) is 101 Å². The molecule has 9 aliphatic carbocycles. The monoisotopic (exact) mass is 2160 g/mol. The molecule has 3 heterocycles. The van der Waals surface area contributed by atoms with Gasteiger partial charge in [0.25, 0.3) is 17.7 Å². The fourth-order valence-corrected chi connectivity index (χ4v) is 30.6. The Labute approximate surface area is 894 Å². The molecule has 9 saturated carbocycles. The number of nitrogens with zero attached hydrogens (tertiary/aromatic N) is 3. The summed E-state index contributed by atoms with van der Waals surface area (Å²) in [5.41, 5.74) is 5.31. The molecular weight excluding hydrogens is 1980 g/mol. The van der Waals surface area contributed by atoms with Crippen LogP contribution in [-0.4, -0.2) is 257 Å². The number of nitrogens with one attached hydrogen (secondary N) is 10. The zero-order valence-corrected chi connectivity index (χ0v) is 97.0. The predicted octanol–water partition coefficient (Wildman–Crippen LogP) is 11.8. The van der Waals surface area contributed by atoms with Crippen LogP contribution in [0.1, 0.15) is 384 Å². The summed E-state index contributed by atoms with van der Waals surface area (Å²) >= 11 is 0. The number of carbonyl (C=O) groups excluding carboxylic acids is 15. The highest BCUT2D eigenvalue weighted by atomic mass is 32.2. The van der Waals surface area contributed by atoms with Crippen LogP contribution in [0.5, 0.6) is 0 Å². The van der Waals surface area contributed by atoms with Crippen LogP contribution in [0.4, 0.5) is 14.4 Å². The van der Waals surface area contributed by atoms with Crippen molar-refractivity contribution >= 4 is 118 Å². The van der Waals surface area contributed by atoms with Crippen molar-refractivity contribution in [3.05, 3.63) is 12.7 Å². The van der Waals surface area contributed by atoms with Gasteiger partial charge in [-0.3, -0.25) is 57.5 Å². The molecule has 3 unspecified atom stereocenters.